The maximum absolute atomic E-state index is 12.9. The molecule has 0 spiro atoms. The second-order valence-electron chi connectivity index (χ2n) is 5.81. The summed E-state index contributed by atoms with van der Waals surface area (Å²) >= 11 is 1.77. The molecule has 1 aromatic carbocycles. The quantitative estimate of drug-likeness (QED) is 0.840. The number of thioether (sulfide) groups is 1. The van der Waals surface area contributed by atoms with E-state index in [-0.39, 0.29) is 17.7 Å². The Hall–Kier alpha value is -1.49. The zero-order valence-electron chi connectivity index (χ0n) is 13.0. The van der Waals surface area contributed by atoms with Crippen LogP contribution in [0.1, 0.15) is 31.2 Å². The molecule has 0 bridgehead atoms. The molecular formula is C17H22N2O2S. The third-order valence-electron chi connectivity index (χ3n) is 4.46. The molecule has 118 valence electrons. The van der Waals surface area contributed by atoms with Gasteiger partial charge in [-0.1, -0.05) is 25.1 Å². The minimum Gasteiger partial charge on any atom is -0.341 e. The van der Waals surface area contributed by atoms with Crippen LogP contribution in [0.15, 0.2) is 29.2 Å². The van der Waals surface area contributed by atoms with E-state index in [1.807, 2.05) is 28.9 Å². The standard InChI is InChI=1S/C17H22N2O2S/c1-2-16(20)18-8-5-9-19(11-10-18)17(21)14-12-22-15-7-4-3-6-13(14)15/h3-4,6-7,14H,2,5,8-12H2,1H3/t14-/m1/s1. The van der Waals surface area contributed by atoms with Gasteiger partial charge in [-0.05, 0) is 18.1 Å². The first kappa shape index (κ1) is 15.4. The monoisotopic (exact) mass is 318 g/mol. The molecule has 4 nitrogen and oxygen atoms in total. The van der Waals surface area contributed by atoms with Gasteiger partial charge in [0, 0.05) is 43.2 Å². The van der Waals surface area contributed by atoms with Gasteiger partial charge in [-0.2, -0.15) is 0 Å². The Balaban J connectivity index is 1.68. The average molecular weight is 318 g/mol. The molecule has 0 radical (unpaired) electrons. The van der Waals surface area contributed by atoms with Gasteiger partial charge in [0.2, 0.25) is 11.8 Å². The molecular weight excluding hydrogens is 296 g/mol. The first-order valence-electron chi connectivity index (χ1n) is 7.99. The van der Waals surface area contributed by atoms with E-state index < -0.39 is 0 Å². The van der Waals surface area contributed by atoms with Crippen LogP contribution < -0.4 is 0 Å². The fourth-order valence-electron chi connectivity index (χ4n) is 3.20. The summed E-state index contributed by atoms with van der Waals surface area (Å²) in [6, 6.07) is 8.20. The summed E-state index contributed by atoms with van der Waals surface area (Å²) in [4.78, 5) is 29.8. The predicted molar refractivity (Wildman–Crippen MR) is 88.0 cm³/mol. The average Bonchev–Trinajstić information content (AvgIpc) is 2.82. The van der Waals surface area contributed by atoms with E-state index >= 15 is 0 Å². The lowest BCUT2D eigenvalue weighted by Crippen LogP contribution is -2.39. The molecule has 22 heavy (non-hydrogen) atoms. The van der Waals surface area contributed by atoms with Crippen molar-refractivity contribution in [3.05, 3.63) is 29.8 Å². The Morgan fingerprint density at radius 3 is 2.68 bits per heavy atom. The molecule has 1 aromatic rings. The Kier molecular flexibility index (Phi) is 4.71. The second-order valence-corrected chi connectivity index (χ2v) is 6.88. The predicted octanol–water partition coefficient (Wildman–Crippen LogP) is 2.35. The summed E-state index contributed by atoms with van der Waals surface area (Å²) in [6.45, 7) is 4.75. The highest BCUT2D eigenvalue weighted by Gasteiger charge is 2.33. The number of rotatable bonds is 2. The number of carbonyl (C=O) groups is 2. The van der Waals surface area contributed by atoms with E-state index in [0.29, 0.717) is 19.5 Å². The molecule has 0 aliphatic carbocycles. The van der Waals surface area contributed by atoms with Crippen LogP contribution in [0.3, 0.4) is 0 Å². The van der Waals surface area contributed by atoms with E-state index in [9.17, 15) is 9.59 Å². The number of benzene rings is 1. The largest absolute Gasteiger partial charge is 0.341 e. The van der Waals surface area contributed by atoms with Gasteiger partial charge >= 0.3 is 0 Å². The minimum absolute atomic E-state index is 0.0189. The Labute approximate surface area is 135 Å². The van der Waals surface area contributed by atoms with E-state index in [1.165, 1.54) is 10.5 Å². The number of nitrogens with zero attached hydrogens (tertiary/aromatic N) is 2. The van der Waals surface area contributed by atoms with Gasteiger partial charge in [0.05, 0.1) is 5.92 Å². The van der Waals surface area contributed by atoms with Crippen molar-refractivity contribution in [2.75, 3.05) is 31.9 Å². The van der Waals surface area contributed by atoms with Crippen molar-refractivity contribution in [1.82, 2.24) is 9.80 Å². The van der Waals surface area contributed by atoms with Gasteiger partial charge in [-0.15, -0.1) is 11.8 Å². The molecule has 2 amide bonds. The normalized spacial score (nSPS) is 21.4. The fraction of sp³-hybridized carbons (Fsp3) is 0.529. The van der Waals surface area contributed by atoms with Crippen molar-refractivity contribution < 1.29 is 9.59 Å². The zero-order valence-corrected chi connectivity index (χ0v) is 13.8. The summed E-state index contributed by atoms with van der Waals surface area (Å²) in [6.07, 6.45) is 1.42. The lowest BCUT2D eigenvalue weighted by atomic mass is 10.00. The summed E-state index contributed by atoms with van der Waals surface area (Å²) in [5.74, 6) is 1.24. The molecule has 3 rings (SSSR count). The van der Waals surface area contributed by atoms with Gasteiger partial charge in [0.1, 0.15) is 0 Å². The first-order valence-corrected chi connectivity index (χ1v) is 8.97. The highest BCUT2D eigenvalue weighted by atomic mass is 32.2. The summed E-state index contributed by atoms with van der Waals surface area (Å²) in [7, 11) is 0. The maximum atomic E-state index is 12.9. The second kappa shape index (κ2) is 6.73. The van der Waals surface area contributed by atoms with Crippen LogP contribution in [-0.2, 0) is 9.59 Å². The molecule has 1 atom stereocenters. The summed E-state index contributed by atoms with van der Waals surface area (Å²) in [5, 5.41) is 0. The van der Waals surface area contributed by atoms with Crippen molar-refractivity contribution in [1.29, 1.82) is 0 Å². The van der Waals surface area contributed by atoms with Crippen LogP contribution in [0.25, 0.3) is 0 Å². The lowest BCUT2D eigenvalue weighted by molar-refractivity contribution is -0.134. The number of hydrogen-bond donors (Lipinski definition) is 0. The molecule has 0 N–H and O–H groups in total. The highest BCUT2D eigenvalue weighted by Crippen LogP contribution is 2.40. The molecule has 5 heteroatoms. The molecule has 0 aromatic heterocycles. The van der Waals surface area contributed by atoms with Crippen LogP contribution >= 0.6 is 11.8 Å². The fourth-order valence-corrected chi connectivity index (χ4v) is 4.42. The van der Waals surface area contributed by atoms with Gasteiger partial charge in [0.15, 0.2) is 0 Å². The Morgan fingerprint density at radius 1 is 1.14 bits per heavy atom. The van der Waals surface area contributed by atoms with Crippen molar-refractivity contribution >= 4 is 23.6 Å². The number of carbonyl (C=O) groups excluding carboxylic acids is 2. The zero-order chi connectivity index (χ0) is 15.5. The van der Waals surface area contributed by atoms with Gasteiger partial charge in [-0.3, -0.25) is 9.59 Å². The van der Waals surface area contributed by atoms with Crippen molar-refractivity contribution in [2.45, 2.75) is 30.6 Å². The molecule has 2 aliphatic rings. The van der Waals surface area contributed by atoms with Crippen molar-refractivity contribution in [3.8, 4) is 0 Å². The van der Waals surface area contributed by atoms with Gasteiger partial charge < -0.3 is 9.80 Å². The van der Waals surface area contributed by atoms with E-state index in [0.717, 1.165) is 25.3 Å². The lowest BCUT2D eigenvalue weighted by Gasteiger charge is -2.24. The Bertz CT molecular complexity index is 576. The first-order chi connectivity index (χ1) is 10.7. The number of amides is 2. The maximum Gasteiger partial charge on any atom is 0.231 e. The van der Waals surface area contributed by atoms with Crippen LogP contribution in [0.4, 0.5) is 0 Å². The molecule has 2 heterocycles. The van der Waals surface area contributed by atoms with Crippen LogP contribution in [0.2, 0.25) is 0 Å². The minimum atomic E-state index is -0.0189. The number of hydrogen-bond acceptors (Lipinski definition) is 3. The smallest absolute Gasteiger partial charge is 0.231 e. The SMILES string of the molecule is CCC(=O)N1CCCN(C(=O)[C@@H]2CSc3ccccc32)CC1. The molecule has 1 fully saturated rings. The van der Waals surface area contributed by atoms with Crippen molar-refractivity contribution in [3.63, 3.8) is 0 Å². The molecule has 0 saturated carbocycles. The van der Waals surface area contributed by atoms with Crippen LogP contribution in [0.5, 0.6) is 0 Å². The van der Waals surface area contributed by atoms with Crippen molar-refractivity contribution in [2.24, 2.45) is 0 Å². The third kappa shape index (κ3) is 3.00. The van der Waals surface area contributed by atoms with E-state index in [4.69, 9.17) is 0 Å². The van der Waals surface area contributed by atoms with E-state index in [1.54, 1.807) is 11.8 Å². The molecule has 2 aliphatic heterocycles. The summed E-state index contributed by atoms with van der Waals surface area (Å²) in [5.41, 5.74) is 1.17. The number of fused-ring (bicyclic) bond motifs is 1. The van der Waals surface area contributed by atoms with Gasteiger partial charge in [0.25, 0.3) is 0 Å². The van der Waals surface area contributed by atoms with Crippen LogP contribution in [-0.4, -0.2) is 53.5 Å². The van der Waals surface area contributed by atoms with E-state index in [2.05, 4.69) is 12.1 Å². The molecule has 0 unspecified atom stereocenters. The van der Waals surface area contributed by atoms with Gasteiger partial charge in [-0.25, -0.2) is 0 Å². The van der Waals surface area contributed by atoms with Crippen LogP contribution in [0, 0.1) is 0 Å². The molecule has 1 saturated heterocycles. The topological polar surface area (TPSA) is 40.6 Å². The Morgan fingerprint density at radius 2 is 1.86 bits per heavy atom. The highest BCUT2D eigenvalue weighted by molar-refractivity contribution is 7.99. The summed E-state index contributed by atoms with van der Waals surface area (Å²) < 4.78 is 0. The third-order valence-corrected chi connectivity index (χ3v) is 5.64.